The lowest BCUT2D eigenvalue weighted by atomic mass is 10.1. The van der Waals surface area contributed by atoms with Crippen molar-refractivity contribution in [3.8, 4) is 11.3 Å². The lowest BCUT2D eigenvalue weighted by molar-refractivity contribution is 0.0903. The lowest BCUT2D eigenvalue weighted by Crippen LogP contribution is -2.47. The van der Waals surface area contributed by atoms with Crippen LogP contribution < -0.4 is 10.2 Å². The van der Waals surface area contributed by atoms with E-state index in [-0.39, 0.29) is 23.5 Å². The van der Waals surface area contributed by atoms with Gasteiger partial charge in [0.05, 0.1) is 5.69 Å². The highest BCUT2D eigenvalue weighted by Gasteiger charge is 2.24. The molecule has 6 nitrogen and oxygen atoms in total. The van der Waals surface area contributed by atoms with E-state index >= 15 is 0 Å². The summed E-state index contributed by atoms with van der Waals surface area (Å²) in [6, 6.07) is 11.6. The Morgan fingerprint density at radius 1 is 1.30 bits per heavy atom. The van der Waals surface area contributed by atoms with E-state index in [0.29, 0.717) is 11.2 Å². The molecule has 0 bridgehead atoms. The van der Waals surface area contributed by atoms with Crippen LogP contribution >= 0.6 is 15.9 Å². The Labute approximate surface area is 163 Å². The second-order valence-electron chi connectivity index (χ2n) is 6.51. The summed E-state index contributed by atoms with van der Waals surface area (Å²) in [5.74, 6) is 0.615. The van der Waals surface area contributed by atoms with Gasteiger partial charge in [0.2, 0.25) is 0 Å². The molecule has 0 radical (unpaired) electrons. The Morgan fingerprint density at radius 2 is 2.11 bits per heavy atom. The number of carbonyl (C=O) groups excluding carboxylic acids is 1. The maximum absolute atomic E-state index is 13.1. The van der Waals surface area contributed by atoms with E-state index in [2.05, 4.69) is 36.3 Å². The van der Waals surface area contributed by atoms with Gasteiger partial charge in [-0.25, -0.2) is 4.39 Å². The van der Waals surface area contributed by atoms with Crippen LogP contribution in [-0.4, -0.2) is 35.2 Å². The van der Waals surface area contributed by atoms with Crippen molar-refractivity contribution < 1.29 is 13.6 Å². The van der Waals surface area contributed by atoms with Crippen LogP contribution in [-0.2, 0) is 0 Å². The third kappa shape index (κ3) is 4.05. The van der Waals surface area contributed by atoms with Crippen molar-refractivity contribution in [2.24, 2.45) is 0 Å². The molecule has 8 heteroatoms. The zero-order valence-corrected chi connectivity index (χ0v) is 16.0. The fraction of sp³-hybridized carbons (Fsp3) is 0.263. The predicted molar refractivity (Wildman–Crippen MR) is 103 cm³/mol. The molecule has 0 unspecified atom stereocenters. The van der Waals surface area contributed by atoms with Gasteiger partial charge in [0, 0.05) is 25.2 Å². The van der Waals surface area contributed by atoms with E-state index in [1.54, 1.807) is 24.3 Å². The van der Waals surface area contributed by atoms with Crippen LogP contribution in [0, 0.1) is 5.82 Å². The fourth-order valence-electron chi connectivity index (χ4n) is 3.25. The van der Waals surface area contributed by atoms with Crippen LogP contribution in [0.2, 0.25) is 0 Å². The molecular formula is C19H18BrFN4O2. The van der Waals surface area contributed by atoms with Gasteiger partial charge in [-0.3, -0.25) is 9.89 Å². The number of amides is 1. The molecule has 1 fully saturated rings. The molecule has 3 heterocycles. The number of hydrogen-bond acceptors (Lipinski definition) is 4. The van der Waals surface area contributed by atoms with Crippen LogP contribution in [0.3, 0.4) is 0 Å². The van der Waals surface area contributed by atoms with Crippen LogP contribution in [0.15, 0.2) is 51.6 Å². The first-order chi connectivity index (χ1) is 13.1. The van der Waals surface area contributed by atoms with E-state index in [1.165, 1.54) is 12.1 Å². The Kier molecular flexibility index (Phi) is 4.98. The van der Waals surface area contributed by atoms with Gasteiger partial charge in [0.15, 0.2) is 16.2 Å². The molecule has 1 aliphatic rings. The molecule has 2 aromatic heterocycles. The summed E-state index contributed by atoms with van der Waals surface area (Å²) in [5.41, 5.74) is 1.71. The van der Waals surface area contributed by atoms with Crippen molar-refractivity contribution in [1.29, 1.82) is 0 Å². The first-order valence-electron chi connectivity index (χ1n) is 8.71. The highest BCUT2D eigenvalue weighted by molar-refractivity contribution is 9.10. The number of carbonyl (C=O) groups is 1. The van der Waals surface area contributed by atoms with Gasteiger partial charge < -0.3 is 14.6 Å². The Hall–Kier alpha value is -2.61. The van der Waals surface area contributed by atoms with Crippen molar-refractivity contribution in [3.63, 3.8) is 0 Å². The largest absolute Gasteiger partial charge is 0.444 e. The number of halogens is 2. The van der Waals surface area contributed by atoms with Gasteiger partial charge in [0.25, 0.3) is 5.91 Å². The molecule has 1 atom stereocenters. The fourth-order valence-corrected chi connectivity index (χ4v) is 3.55. The number of H-pyrrole nitrogens is 1. The number of hydrogen-bond donors (Lipinski definition) is 2. The summed E-state index contributed by atoms with van der Waals surface area (Å²) in [6.45, 7) is 1.54. The minimum absolute atomic E-state index is 0.0149. The number of nitrogens with zero attached hydrogens (tertiary/aromatic N) is 2. The molecule has 1 saturated heterocycles. The summed E-state index contributed by atoms with van der Waals surface area (Å²) in [4.78, 5) is 14.4. The number of aromatic nitrogens is 2. The summed E-state index contributed by atoms with van der Waals surface area (Å²) >= 11 is 3.20. The quantitative estimate of drug-likeness (QED) is 0.653. The third-order valence-corrected chi connectivity index (χ3v) is 5.02. The predicted octanol–water partition coefficient (Wildman–Crippen LogP) is 3.97. The lowest BCUT2D eigenvalue weighted by Gasteiger charge is -2.33. The second-order valence-corrected chi connectivity index (χ2v) is 7.29. The maximum Gasteiger partial charge on any atom is 0.287 e. The van der Waals surface area contributed by atoms with Crippen LogP contribution in [0.5, 0.6) is 0 Å². The van der Waals surface area contributed by atoms with Crippen molar-refractivity contribution in [3.05, 3.63) is 58.7 Å². The van der Waals surface area contributed by atoms with Gasteiger partial charge in [0.1, 0.15) is 5.82 Å². The molecule has 1 aliphatic heterocycles. The molecule has 4 rings (SSSR count). The zero-order valence-electron chi connectivity index (χ0n) is 14.4. The highest BCUT2D eigenvalue weighted by Crippen LogP contribution is 2.24. The third-order valence-electron chi connectivity index (χ3n) is 4.60. The first kappa shape index (κ1) is 17.8. The minimum Gasteiger partial charge on any atom is -0.444 e. The molecule has 140 valence electrons. The summed E-state index contributed by atoms with van der Waals surface area (Å²) in [7, 11) is 0. The number of furan rings is 1. The molecule has 2 N–H and O–H groups in total. The van der Waals surface area contributed by atoms with Crippen LogP contribution in [0.1, 0.15) is 23.4 Å². The van der Waals surface area contributed by atoms with Crippen molar-refractivity contribution >= 4 is 27.7 Å². The van der Waals surface area contributed by atoms with Crippen molar-refractivity contribution in [2.75, 3.05) is 18.0 Å². The normalized spacial score (nSPS) is 17.1. The van der Waals surface area contributed by atoms with Crippen molar-refractivity contribution in [1.82, 2.24) is 15.5 Å². The number of piperidine rings is 1. The average molecular weight is 433 g/mol. The number of aromatic amines is 1. The number of rotatable bonds is 4. The SMILES string of the molecule is O=C(N[C@@H]1CCCN(c2cc(-c3ccc(F)cc3)[nH]n2)C1)c1ccc(Br)o1. The monoisotopic (exact) mass is 432 g/mol. The highest BCUT2D eigenvalue weighted by atomic mass is 79.9. The van der Waals surface area contributed by atoms with Crippen LogP contribution in [0.25, 0.3) is 11.3 Å². The van der Waals surface area contributed by atoms with Gasteiger partial charge in [-0.2, -0.15) is 5.10 Å². The van der Waals surface area contributed by atoms with Gasteiger partial charge in [-0.05, 0) is 70.7 Å². The van der Waals surface area contributed by atoms with Gasteiger partial charge in [-0.15, -0.1) is 0 Å². The standard InChI is InChI=1S/C19H18BrFN4O2/c20-17-8-7-16(27-17)19(26)22-14-2-1-9-25(11-14)18-10-15(23-24-18)12-3-5-13(21)6-4-12/h3-8,10,14H,1-2,9,11H2,(H,22,26)(H,23,24)/t14-/m1/s1. The van der Waals surface area contributed by atoms with E-state index in [0.717, 1.165) is 36.5 Å². The van der Waals surface area contributed by atoms with E-state index in [9.17, 15) is 9.18 Å². The number of anilines is 1. The van der Waals surface area contributed by atoms with Crippen molar-refractivity contribution in [2.45, 2.75) is 18.9 Å². The molecule has 0 saturated carbocycles. The molecule has 0 spiro atoms. The average Bonchev–Trinajstić information content (AvgIpc) is 3.32. The van der Waals surface area contributed by atoms with E-state index < -0.39 is 0 Å². The number of nitrogens with one attached hydrogen (secondary N) is 2. The van der Waals surface area contributed by atoms with Gasteiger partial charge in [-0.1, -0.05) is 0 Å². The Bertz CT molecular complexity index is 937. The van der Waals surface area contributed by atoms with E-state index in [4.69, 9.17) is 4.42 Å². The first-order valence-corrected chi connectivity index (χ1v) is 9.50. The molecule has 1 amide bonds. The molecule has 3 aromatic rings. The maximum atomic E-state index is 13.1. The molecule has 1 aromatic carbocycles. The molecule has 27 heavy (non-hydrogen) atoms. The summed E-state index contributed by atoms with van der Waals surface area (Å²) < 4.78 is 18.9. The van der Waals surface area contributed by atoms with E-state index in [1.807, 2.05) is 6.07 Å². The van der Waals surface area contributed by atoms with Gasteiger partial charge >= 0.3 is 0 Å². The topological polar surface area (TPSA) is 74.2 Å². The smallest absolute Gasteiger partial charge is 0.287 e. The minimum atomic E-state index is -0.267. The zero-order chi connectivity index (χ0) is 18.8. The molecular weight excluding hydrogens is 415 g/mol. The summed E-state index contributed by atoms with van der Waals surface area (Å²) in [6.07, 6.45) is 1.85. The second kappa shape index (κ2) is 7.56. The number of benzene rings is 1. The Balaban J connectivity index is 1.42. The molecule has 0 aliphatic carbocycles. The van der Waals surface area contributed by atoms with Crippen LogP contribution in [0.4, 0.5) is 10.2 Å². The Morgan fingerprint density at radius 3 is 2.85 bits per heavy atom. The summed E-state index contributed by atoms with van der Waals surface area (Å²) in [5, 5.41) is 10.4.